The second kappa shape index (κ2) is 7.11. The molecule has 0 fully saturated rings. The summed E-state index contributed by atoms with van der Waals surface area (Å²) in [6, 6.07) is 15.8. The number of amides is 1. The van der Waals surface area contributed by atoms with Crippen LogP contribution in [-0.4, -0.2) is 20.4 Å². The molecule has 5 rings (SSSR count). The topological polar surface area (TPSA) is 62.7 Å². The Hall–Kier alpha value is -4.00. The van der Waals surface area contributed by atoms with Gasteiger partial charge in [0.25, 0.3) is 5.91 Å². The number of halogens is 2. The van der Waals surface area contributed by atoms with Gasteiger partial charge in [0, 0.05) is 29.0 Å². The molecule has 0 radical (unpaired) electrons. The molecule has 1 amide bonds. The maximum absolute atomic E-state index is 13.8. The Morgan fingerprint density at radius 2 is 1.87 bits per heavy atom. The predicted molar refractivity (Wildman–Crippen MR) is 111 cm³/mol. The molecule has 30 heavy (non-hydrogen) atoms. The van der Waals surface area contributed by atoms with Crippen molar-refractivity contribution in [2.45, 2.75) is 6.54 Å². The molecule has 2 aromatic carbocycles. The Morgan fingerprint density at radius 1 is 1.00 bits per heavy atom. The number of nitrogens with one attached hydrogen (secondary N) is 2. The van der Waals surface area contributed by atoms with Gasteiger partial charge in [0.2, 0.25) is 0 Å². The Morgan fingerprint density at radius 3 is 2.73 bits per heavy atom. The molecule has 5 aromatic rings. The van der Waals surface area contributed by atoms with E-state index in [4.69, 9.17) is 0 Å². The maximum atomic E-state index is 13.8. The fourth-order valence-electron chi connectivity index (χ4n) is 3.62. The van der Waals surface area contributed by atoms with Gasteiger partial charge in [-0.15, -0.1) is 0 Å². The summed E-state index contributed by atoms with van der Waals surface area (Å²) in [5.41, 5.74) is 2.57. The summed E-state index contributed by atoms with van der Waals surface area (Å²) >= 11 is 0. The number of hydrogen-bond donors (Lipinski definition) is 2. The minimum absolute atomic E-state index is 0.264. The number of carbonyl (C=O) groups excluding carboxylic acids is 1. The molecule has 2 N–H and O–H groups in total. The fraction of sp³-hybridized carbons (Fsp3) is 0.0435. The lowest BCUT2D eigenvalue weighted by Crippen LogP contribution is -2.18. The Bertz CT molecular complexity index is 1400. The van der Waals surface area contributed by atoms with E-state index in [9.17, 15) is 13.6 Å². The van der Waals surface area contributed by atoms with Gasteiger partial charge >= 0.3 is 0 Å². The molecule has 0 spiro atoms. The highest BCUT2D eigenvalue weighted by Gasteiger charge is 2.17. The Kier molecular flexibility index (Phi) is 4.28. The Labute approximate surface area is 170 Å². The van der Waals surface area contributed by atoms with Gasteiger partial charge in [0.15, 0.2) is 0 Å². The van der Waals surface area contributed by atoms with E-state index in [0.29, 0.717) is 28.0 Å². The van der Waals surface area contributed by atoms with E-state index in [-0.39, 0.29) is 18.3 Å². The number of benzene rings is 2. The predicted octanol–water partition coefficient (Wildman–Crippen LogP) is 5.10. The van der Waals surface area contributed by atoms with Crippen molar-refractivity contribution >= 4 is 33.5 Å². The number of hydrogen-bond acceptors (Lipinski definition) is 2. The molecule has 0 aliphatic rings. The molecular weight excluding hydrogens is 386 g/mol. The van der Waals surface area contributed by atoms with Crippen LogP contribution in [-0.2, 0) is 6.54 Å². The summed E-state index contributed by atoms with van der Waals surface area (Å²) < 4.78 is 29.2. The highest BCUT2D eigenvalue weighted by molar-refractivity contribution is 6.06. The van der Waals surface area contributed by atoms with Crippen LogP contribution >= 0.6 is 0 Å². The minimum atomic E-state index is -0.392. The first-order valence-corrected chi connectivity index (χ1v) is 9.34. The average Bonchev–Trinajstić information content (AvgIpc) is 3.32. The van der Waals surface area contributed by atoms with E-state index in [1.54, 1.807) is 47.3 Å². The van der Waals surface area contributed by atoms with Crippen molar-refractivity contribution < 1.29 is 13.6 Å². The van der Waals surface area contributed by atoms with Crippen LogP contribution in [0.25, 0.3) is 21.8 Å². The molecule has 0 aliphatic carbocycles. The van der Waals surface area contributed by atoms with E-state index < -0.39 is 5.82 Å². The second-order valence-corrected chi connectivity index (χ2v) is 7.04. The summed E-state index contributed by atoms with van der Waals surface area (Å²) in [5.74, 6) is -0.729. The first kappa shape index (κ1) is 18.1. The first-order valence-electron chi connectivity index (χ1n) is 9.34. The largest absolute Gasteiger partial charge is 0.360 e. The number of aromatic nitrogens is 3. The molecule has 0 atom stereocenters. The van der Waals surface area contributed by atoms with Crippen LogP contribution < -0.4 is 5.32 Å². The third-order valence-electron chi connectivity index (χ3n) is 5.01. The van der Waals surface area contributed by atoms with Crippen molar-refractivity contribution in [1.29, 1.82) is 0 Å². The highest BCUT2D eigenvalue weighted by Crippen LogP contribution is 2.24. The van der Waals surface area contributed by atoms with E-state index in [1.165, 1.54) is 24.3 Å². The van der Waals surface area contributed by atoms with Crippen LogP contribution in [0.1, 0.15) is 16.1 Å². The third kappa shape index (κ3) is 3.30. The minimum Gasteiger partial charge on any atom is -0.360 e. The fourth-order valence-corrected chi connectivity index (χ4v) is 3.62. The lowest BCUT2D eigenvalue weighted by molar-refractivity contribution is 0.101. The number of nitrogens with zero attached hydrogens (tertiary/aromatic N) is 2. The molecule has 7 heteroatoms. The maximum Gasteiger partial charge on any atom is 0.273 e. The average molecular weight is 402 g/mol. The van der Waals surface area contributed by atoms with Crippen LogP contribution in [0, 0.1) is 11.6 Å². The van der Waals surface area contributed by atoms with Crippen LogP contribution in [0.15, 0.2) is 73.1 Å². The summed E-state index contributed by atoms with van der Waals surface area (Å²) in [4.78, 5) is 20.4. The molecule has 0 unspecified atom stereocenters. The van der Waals surface area contributed by atoms with Gasteiger partial charge in [0.1, 0.15) is 23.1 Å². The van der Waals surface area contributed by atoms with Gasteiger partial charge in [-0.05, 0) is 54.1 Å². The molecule has 0 aliphatic heterocycles. The molecule has 3 heterocycles. The van der Waals surface area contributed by atoms with Crippen molar-refractivity contribution in [3.05, 3.63) is 95.9 Å². The van der Waals surface area contributed by atoms with Crippen molar-refractivity contribution in [2.24, 2.45) is 0 Å². The van der Waals surface area contributed by atoms with Crippen molar-refractivity contribution in [3.63, 3.8) is 0 Å². The van der Waals surface area contributed by atoms with Crippen LogP contribution in [0.5, 0.6) is 0 Å². The lowest BCUT2D eigenvalue weighted by atomic mass is 10.2. The van der Waals surface area contributed by atoms with Gasteiger partial charge in [-0.2, -0.15) is 0 Å². The van der Waals surface area contributed by atoms with Gasteiger partial charge in [-0.3, -0.25) is 4.79 Å². The van der Waals surface area contributed by atoms with E-state index >= 15 is 0 Å². The zero-order valence-electron chi connectivity index (χ0n) is 15.7. The van der Waals surface area contributed by atoms with Crippen molar-refractivity contribution in [1.82, 2.24) is 14.5 Å². The highest BCUT2D eigenvalue weighted by atomic mass is 19.1. The molecule has 3 aromatic heterocycles. The third-order valence-corrected chi connectivity index (χ3v) is 5.01. The van der Waals surface area contributed by atoms with Crippen LogP contribution in [0.2, 0.25) is 0 Å². The molecule has 148 valence electrons. The van der Waals surface area contributed by atoms with Crippen molar-refractivity contribution in [2.75, 3.05) is 5.32 Å². The summed E-state index contributed by atoms with van der Waals surface area (Å²) in [6.45, 7) is 0.264. The number of rotatable bonds is 4. The van der Waals surface area contributed by atoms with Gasteiger partial charge in [-0.25, -0.2) is 13.8 Å². The molecule has 0 saturated carbocycles. The van der Waals surface area contributed by atoms with Gasteiger partial charge in [0.05, 0.1) is 11.7 Å². The second-order valence-electron chi connectivity index (χ2n) is 7.04. The van der Waals surface area contributed by atoms with Crippen LogP contribution in [0.4, 0.5) is 14.6 Å². The van der Waals surface area contributed by atoms with Crippen LogP contribution in [0.3, 0.4) is 0 Å². The monoisotopic (exact) mass is 402 g/mol. The van der Waals surface area contributed by atoms with Gasteiger partial charge < -0.3 is 14.9 Å². The number of anilines is 1. The number of H-pyrrole nitrogens is 1. The van der Waals surface area contributed by atoms with Crippen molar-refractivity contribution in [3.8, 4) is 0 Å². The number of carbonyl (C=O) groups is 1. The quantitative estimate of drug-likeness (QED) is 0.440. The SMILES string of the molecule is O=C(Nc1cc2cc[nH]c2cn1)c1cc2cc(F)ccc2n1Cc1cccc(F)c1. The van der Waals surface area contributed by atoms with Gasteiger partial charge in [-0.1, -0.05) is 12.1 Å². The summed E-state index contributed by atoms with van der Waals surface area (Å²) in [7, 11) is 0. The summed E-state index contributed by atoms with van der Waals surface area (Å²) in [5, 5.41) is 4.31. The molecule has 5 nitrogen and oxygen atoms in total. The standard InChI is InChI=1S/C23H16F2N4O/c24-17-3-1-2-14(8-17)13-29-20-5-4-18(25)9-16(20)10-21(29)23(30)28-22-11-15-6-7-26-19(15)12-27-22/h1-12,26H,13H2,(H,27,28,30). The summed E-state index contributed by atoms with van der Waals surface area (Å²) in [6.07, 6.45) is 3.44. The number of fused-ring (bicyclic) bond motifs is 2. The smallest absolute Gasteiger partial charge is 0.273 e. The lowest BCUT2D eigenvalue weighted by Gasteiger charge is -2.11. The van der Waals surface area contributed by atoms with E-state index in [0.717, 1.165) is 10.9 Å². The van der Waals surface area contributed by atoms with E-state index in [1.807, 2.05) is 6.07 Å². The molecular formula is C23H16F2N4O. The number of aromatic amines is 1. The van der Waals surface area contributed by atoms with E-state index in [2.05, 4.69) is 15.3 Å². The Balaban J connectivity index is 1.55. The zero-order valence-corrected chi connectivity index (χ0v) is 15.7. The zero-order chi connectivity index (χ0) is 20.7. The molecule has 0 saturated heterocycles. The normalized spacial score (nSPS) is 11.3. The number of pyridine rings is 1. The first-order chi connectivity index (χ1) is 14.6. The molecule has 0 bridgehead atoms.